The normalized spacial score (nSPS) is 10.7. The molecule has 0 saturated heterocycles. The van der Waals surface area contributed by atoms with Crippen molar-refractivity contribution in [3.8, 4) is 5.75 Å². The first kappa shape index (κ1) is 13.5. The van der Waals surface area contributed by atoms with Crippen LogP contribution in [0.4, 0.5) is 4.39 Å². The highest BCUT2D eigenvalue weighted by molar-refractivity contribution is 5.29. The van der Waals surface area contributed by atoms with E-state index in [4.69, 9.17) is 4.74 Å². The van der Waals surface area contributed by atoms with Crippen LogP contribution >= 0.6 is 0 Å². The number of nitrogens with one attached hydrogen (secondary N) is 1. The van der Waals surface area contributed by atoms with Crippen molar-refractivity contribution in [3.63, 3.8) is 0 Å². The van der Waals surface area contributed by atoms with Crippen molar-refractivity contribution in [2.24, 2.45) is 7.05 Å². The minimum absolute atomic E-state index is 0.265. The zero-order valence-electron chi connectivity index (χ0n) is 11.1. The minimum Gasteiger partial charge on any atom is -0.494 e. The molecule has 6 heteroatoms. The van der Waals surface area contributed by atoms with E-state index in [1.54, 1.807) is 17.1 Å². The number of hydrogen-bond acceptors (Lipinski definition) is 4. The van der Waals surface area contributed by atoms with Gasteiger partial charge in [0.2, 0.25) is 0 Å². The Hall–Kier alpha value is -1.95. The van der Waals surface area contributed by atoms with Crippen LogP contribution in [-0.2, 0) is 20.0 Å². The average Bonchev–Trinajstić information content (AvgIpc) is 2.81. The molecule has 2 aromatic rings. The summed E-state index contributed by atoms with van der Waals surface area (Å²) < 4.78 is 20.0. The molecule has 1 aromatic heterocycles. The van der Waals surface area contributed by atoms with Gasteiger partial charge in [0.05, 0.1) is 7.11 Å². The molecule has 0 bridgehead atoms. The van der Waals surface area contributed by atoms with E-state index in [0.717, 1.165) is 24.4 Å². The van der Waals surface area contributed by atoms with Gasteiger partial charge in [0.1, 0.15) is 6.33 Å². The molecule has 0 aliphatic rings. The van der Waals surface area contributed by atoms with E-state index >= 15 is 0 Å². The molecule has 5 nitrogen and oxygen atoms in total. The molecule has 19 heavy (non-hydrogen) atoms. The van der Waals surface area contributed by atoms with Crippen molar-refractivity contribution in [1.29, 1.82) is 0 Å². The SMILES string of the molecule is COc1ccc(CNCCc2ncn(C)n2)cc1F. The van der Waals surface area contributed by atoms with E-state index in [1.807, 2.05) is 13.1 Å². The molecule has 1 aromatic carbocycles. The molecule has 0 unspecified atom stereocenters. The van der Waals surface area contributed by atoms with Gasteiger partial charge in [-0.3, -0.25) is 4.68 Å². The van der Waals surface area contributed by atoms with Crippen LogP contribution in [0.1, 0.15) is 11.4 Å². The lowest BCUT2D eigenvalue weighted by molar-refractivity contribution is 0.386. The van der Waals surface area contributed by atoms with Crippen LogP contribution in [-0.4, -0.2) is 28.4 Å². The number of ether oxygens (including phenoxy) is 1. The molecule has 2 rings (SSSR count). The second-order valence-electron chi connectivity index (χ2n) is 4.23. The number of methoxy groups -OCH3 is 1. The number of hydrogen-bond donors (Lipinski definition) is 1. The first-order valence-corrected chi connectivity index (χ1v) is 6.06. The molecular weight excluding hydrogens is 247 g/mol. The molecule has 0 fully saturated rings. The van der Waals surface area contributed by atoms with E-state index in [0.29, 0.717) is 6.54 Å². The summed E-state index contributed by atoms with van der Waals surface area (Å²) in [5.41, 5.74) is 0.882. The third kappa shape index (κ3) is 3.75. The Bertz CT molecular complexity index is 541. The Morgan fingerprint density at radius 3 is 2.89 bits per heavy atom. The second kappa shape index (κ2) is 6.29. The molecule has 1 N–H and O–H groups in total. The van der Waals surface area contributed by atoms with E-state index in [-0.39, 0.29) is 11.6 Å². The average molecular weight is 264 g/mol. The van der Waals surface area contributed by atoms with Gasteiger partial charge in [-0.15, -0.1) is 0 Å². The number of halogens is 1. The van der Waals surface area contributed by atoms with E-state index in [1.165, 1.54) is 13.2 Å². The number of benzene rings is 1. The van der Waals surface area contributed by atoms with Gasteiger partial charge in [-0.2, -0.15) is 5.10 Å². The standard InChI is InChI=1S/C13H17FN4O/c1-18-9-16-13(17-18)5-6-15-8-10-3-4-12(19-2)11(14)7-10/h3-4,7,9,15H,5-6,8H2,1-2H3. The summed E-state index contributed by atoms with van der Waals surface area (Å²) in [6, 6.07) is 4.95. The van der Waals surface area contributed by atoms with Crippen LogP contribution < -0.4 is 10.1 Å². The topological polar surface area (TPSA) is 52.0 Å². The van der Waals surface area contributed by atoms with Crippen LogP contribution in [0.3, 0.4) is 0 Å². The Morgan fingerprint density at radius 2 is 2.26 bits per heavy atom. The van der Waals surface area contributed by atoms with Crippen molar-refractivity contribution < 1.29 is 9.13 Å². The zero-order valence-corrected chi connectivity index (χ0v) is 11.1. The molecular formula is C13H17FN4O. The van der Waals surface area contributed by atoms with Gasteiger partial charge in [-0.1, -0.05) is 6.07 Å². The smallest absolute Gasteiger partial charge is 0.165 e. The fourth-order valence-corrected chi connectivity index (χ4v) is 1.75. The van der Waals surface area contributed by atoms with E-state index < -0.39 is 0 Å². The fraction of sp³-hybridized carbons (Fsp3) is 0.385. The zero-order chi connectivity index (χ0) is 13.7. The maximum atomic E-state index is 13.5. The van der Waals surface area contributed by atoms with Crippen molar-refractivity contribution in [3.05, 3.63) is 41.7 Å². The van der Waals surface area contributed by atoms with Gasteiger partial charge in [0.25, 0.3) is 0 Å². The lowest BCUT2D eigenvalue weighted by Crippen LogP contribution is -2.17. The predicted octanol–water partition coefficient (Wildman–Crippen LogP) is 1.30. The Balaban J connectivity index is 1.78. The van der Waals surface area contributed by atoms with Crippen molar-refractivity contribution in [2.75, 3.05) is 13.7 Å². The number of aryl methyl sites for hydroxylation is 1. The molecule has 0 atom stereocenters. The van der Waals surface area contributed by atoms with Crippen LogP contribution in [0.2, 0.25) is 0 Å². The van der Waals surface area contributed by atoms with Gasteiger partial charge in [0, 0.05) is 26.6 Å². The number of rotatable bonds is 6. The van der Waals surface area contributed by atoms with E-state index in [2.05, 4.69) is 15.4 Å². The first-order valence-electron chi connectivity index (χ1n) is 6.06. The van der Waals surface area contributed by atoms with Crippen LogP contribution in [0.25, 0.3) is 0 Å². The molecule has 0 amide bonds. The fourth-order valence-electron chi connectivity index (χ4n) is 1.75. The van der Waals surface area contributed by atoms with Gasteiger partial charge < -0.3 is 10.1 Å². The molecule has 0 saturated carbocycles. The summed E-state index contributed by atoms with van der Waals surface area (Å²) in [6.45, 7) is 1.35. The number of nitrogens with zero attached hydrogens (tertiary/aromatic N) is 3. The Labute approximate surface area is 111 Å². The summed E-state index contributed by atoms with van der Waals surface area (Å²) in [5, 5.41) is 7.41. The third-order valence-corrected chi connectivity index (χ3v) is 2.72. The minimum atomic E-state index is -0.340. The first-order chi connectivity index (χ1) is 9.19. The molecule has 0 aliphatic carbocycles. The molecule has 1 heterocycles. The maximum Gasteiger partial charge on any atom is 0.165 e. The highest BCUT2D eigenvalue weighted by atomic mass is 19.1. The Morgan fingerprint density at radius 1 is 1.42 bits per heavy atom. The maximum absolute atomic E-state index is 13.5. The number of aromatic nitrogens is 3. The highest BCUT2D eigenvalue weighted by Gasteiger charge is 2.03. The lowest BCUT2D eigenvalue weighted by atomic mass is 10.2. The molecule has 0 spiro atoms. The second-order valence-corrected chi connectivity index (χ2v) is 4.23. The van der Waals surface area contributed by atoms with Crippen molar-refractivity contribution >= 4 is 0 Å². The quantitative estimate of drug-likeness (QED) is 0.799. The molecule has 0 radical (unpaired) electrons. The van der Waals surface area contributed by atoms with Crippen molar-refractivity contribution in [2.45, 2.75) is 13.0 Å². The summed E-state index contributed by atoms with van der Waals surface area (Å²) in [7, 11) is 3.29. The highest BCUT2D eigenvalue weighted by Crippen LogP contribution is 2.17. The van der Waals surface area contributed by atoms with Crippen molar-refractivity contribution in [1.82, 2.24) is 20.1 Å². The van der Waals surface area contributed by atoms with Gasteiger partial charge >= 0.3 is 0 Å². The lowest BCUT2D eigenvalue weighted by Gasteiger charge is -2.06. The molecule has 102 valence electrons. The summed E-state index contributed by atoms with van der Waals surface area (Å²) >= 11 is 0. The van der Waals surface area contributed by atoms with Gasteiger partial charge in [-0.25, -0.2) is 9.37 Å². The van der Waals surface area contributed by atoms with Crippen LogP contribution in [0.5, 0.6) is 5.75 Å². The summed E-state index contributed by atoms with van der Waals surface area (Å²) in [6.07, 6.45) is 2.42. The van der Waals surface area contributed by atoms with Gasteiger partial charge in [0.15, 0.2) is 17.4 Å². The van der Waals surface area contributed by atoms with Crippen LogP contribution in [0.15, 0.2) is 24.5 Å². The van der Waals surface area contributed by atoms with Crippen LogP contribution in [0, 0.1) is 5.82 Å². The summed E-state index contributed by atoms with van der Waals surface area (Å²) in [5.74, 6) is 0.727. The van der Waals surface area contributed by atoms with Gasteiger partial charge in [-0.05, 0) is 17.7 Å². The Kier molecular flexibility index (Phi) is 4.46. The summed E-state index contributed by atoms with van der Waals surface area (Å²) in [4.78, 5) is 4.13. The van der Waals surface area contributed by atoms with E-state index in [9.17, 15) is 4.39 Å². The third-order valence-electron chi connectivity index (χ3n) is 2.72. The molecule has 0 aliphatic heterocycles. The monoisotopic (exact) mass is 264 g/mol. The predicted molar refractivity (Wildman–Crippen MR) is 69.4 cm³/mol. The largest absolute Gasteiger partial charge is 0.494 e.